The van der Waals surface area contributed by atoms with Crippen molar-refractivity contribution in [3.8, 4) is 0 Å². The Morgan fingerprint density at radius 2 is 0.619 bits per heavy atom. The van der Waals surface area contributed by atoms with Crippen LogP contribution in [0.15, 0.2) is 122 Å². The molecule has 0 aromatic carbocycles. The minimum absolute atomic E-state index is 0.112. The summed E-state index contributed by atoms with van der Waals surface area (Å²) in [6.07, 6.45) is 69.0. The molecule has 0 heterocycles. The normalized spacial score (nSPS) is 13.1. The minimum atomic E-state index is -0.815. The van der Waals surface area contributed by atoms with Crippen molar-refractivity contribution in [2.75, 3.05) is 13.2 Å². The lowest BCUT2D eigenvalue weighted by Gasteiger charge is -2.18. The first-order valence-corrected chi connectivity index (χ1v) is 25.0. The van der Waals surface area contributed by atoms with Crippen molar-refractivity contribution >= 4 is 17.9 Å². The van der Waals surface area contributed by atoms with Crippen molar-refractivity contribution < 1.29 is 28.6 Å². The van der Waals surface area contributed by atoms with Gasteiger partial charge < -0.3 is 14.2 Å². The maximum absolute atomic E-state index is 12.8. The van der Waals surface area contributed by atoms with Gasteiger partial charge in [-0.1, -0.05) is 181 Å². The van der Waals surface area contributed by atoms with Crippen molar-refractivity contribution in [3.63, 3.8) is 0 Å². The third-order valence-corrected chi connectivity index (χ3v) is 9.91. The maximum Gasteiger partial charge on any atom is 0.306 e. The molecule has 63 heavy (non-hydrogen) atoms. The van der Waals surface area contributed by atoms with Crippen LogP contribution in [0.2, 0.25) is 0 Å². The summed E-state index contributed by atoms with van der Waals surface area (Å²) in [7, 11) is 0. The predicted octanol–water partition coefficient (Wildman–Crippen LogP) is 16.5. The van der Waals surface area contributed by atoms with Gasteiger partial charge in [-0.3, -0.25) is 14.4 Å². The number of allylic oxidation sites excluding steroid dienone is 20. The van der Waals surface area contributed by atoms with E-state index in [1.165, 1.54) is 6.42 Å². The number of hydrogen-bond donors (Lipinski definition) is 0. The van der Waals surface area contributed by atoms with Gasteiger partial charge in [0.1, 0.15) is 13.2 Å². The van der Waals surface area contributed by atoms with Crippen LogP contribution in [0.5, 0.6) is 0 Å². The molecule has 0 aromatic rings. The van der Waals surface area contributed by atoms with Gasteiger partial charge in [-0.25, -0.2) is 0 Å². The Bertz CT molecular complexity index is 1370. The van der Waals surface area contributed by atoms with Gasteiger partial charge in [-0.05, 0) is 122 Å². The quantitative estimate of drug-likeness (QED) is 0.0263. The molecule has 0 bridgehead atoms. The molecule has 0 aliphatic rings. The number of rotatable bonds is 43. The van der Waals surface area contributed by atoms with Gasteiger partial charge in [0.05, 0.1) is 0 Å². The van der Waals surface area contributed by atoms with E-state index in [0.717, 1.165) is 154 Å². The van der Waals surface area contributed by atoms with E-state index < -0.39 is 6.10 Å². The lowest BCUT2D eigenvalue weighted by atomic mass is 10.1. The Kier molecular flexibility index (Phi) is 47.1. The molecule has 0 aliphatic carbocycles. The van der Waals surface area contributed by atoms with Gasteiger partial charge in [-0.2, -0.15) is 0 Å². The molecule has 354 valence electrons. The summed E-state index contributed by atoms with van der Waals surface area (Å²) in [5.41, 5.74) is 0. The van der Waals surface area contributed by atoms with E-state index in [-0.39, 0.29) is 37.5 Å². The lowest BCUT2D eigenvalue weighted by Crippen LogP contribution is -2.30. The molecule has 0 saturated heterocycles. The molecule has 0 spiro atoms. The van der Waals surface area contributed by atoms with Crippen LogP contribution in [0.4, 0.5) is 0 Å². The standard InChI is InChI=1S/C57H90O6/c1-4-7-10-13-16-19-22-25-26-27-28-29-30-33-35-38-41-44-47-50-56(59)62-53-54(63-57(60)51-48-45-42-39-36-32-24-21-18-15-12-9-6-3)52-61-55(58)49-46-43-40-37-34-31-23-20-17-14-11-8-5-2/h7,9-12,14,16,18-21,23,25-26,28-29,32-33,35-36,54H,4-6,8,13,15,17,22,24,27,30-31,34,37-53H2,1-3H3/b10-7-,12-9-,14-11-,19-16-,21-18-,23-20-,26-25-,29-28-,35-33-,36-32-. The van der Waals surface area contributed by atoms with Gasteiger partial charge in [-0.15, -0.1) is 0 Å². The van der Waals surface area contributed by atoms with Crippen LogP contribution in [0, 0.1) is 0 Å². The fraction of sp³-hybridized carbons (Fsp3) is 0.596. The summed E-state index contributed by atoms with van der Waals surface area (Å²) in [5.74, 6) is -0.998. The van der Waals surface area contributed by atoms with Crippen LogP contribution < -0.4 is 0 Å². The largest absolute Gasteiger partial charge is 0.462 e. The van der Waals surface area contributed by atoms with Crippen LogP contribution >= 0.6 is 0 Å². The van der Waals surface area contributed by atoms with E-state index in [0.29, 0.717) is 12.8 Å². The van der Waals surface area contributed by atoms with E-state index in [4.69, 9.17) is 14.2 Å². The van der Waals surface area contributed by atoms with E-state index in [2.05, 4.69) is 142 Å². The second kappa shape index (κ2) is 50.5. The zero-order chi connectivity index (χ0) is 45.8. The number of esters is 3. The van der Waals surface area contributed by atoms with Crippen molar-refractivity contribution in [1.82, 2.24) is 0 Å². The van der Waals surface area contributed by atoms with E-state index in [1.54, 1.807) is 0 Å². The summed E-state index contributed by atoms with van der Waals surface area (Å²) in [6.45, 7) is 6.25. The SMILES string of the molecule is CC/C=C\C/C=C\C/C=C\C/C=C\C/C=C\CCCCCC(=O)OCC(COC(=O)CCCCCCC/C=C\C/C=C\CCC)OC(=O)CCCCC/C=C\C/C=C\C/C=C\CC. The lowest BCUT2D eigenvalue weighted by molar-refractivity contribution is -0.167. The highest BCUT2D eigenvalue weighted by Gasteiger charge is 2.19. The Labute approximate surface area is 386 Å². The van der Waals surface area contributed by atoms with Crippen molar-refractivity contribution in [1.29, 1.82) is 0 Å². The van der Waals surface area contributed by atoms with Gasteiger partial charge in [0.2, 0.25) is 0 Å². The fourth-order valence-corrected chi connectivity index (χ4v) is 6.22. The first kappa shape index (κ1) is 58.8. The number of hydrogen-bond acceptors (Lipinski definition) is 6. The molecule has 6 nitrogen and oxygen atoms in total. The first-order valence-electron chi connectivity index (χ1n) is 25.0. The molecule has 0 aromatic heterocycles. The smallest absolute Gasteiger partial charge is 0.306 e. The second-order valence-corrected chi connectivity index (χ2v) is 16.0. The zero-order valence-electron chi connectivity index (χ0n) is 40.3. The number of ether oxygens (including phenoxy) is 3. The number of carbonyl (C=O) groups excluding carboxylic acids is 3. The number of unbranched alkanes of at least 4 members (excludes halogenated alkanes) is 12. The molecule has 1 atom stereocenters. The van der Waals surface area contributed by atoms with Crippen molar-refractivity contribution in [2.45, 2.75) is 207 Å². The number of carbonyl (C=O) groups is 3. The summed E-state index contributed by atoms with van der Waals surface area (Å²) in [4.78, 5) is 37.9. The fourth-order valence-electron chi connectivity index (χ4n) is 6.22. The van der Waals surface area contributed by atoms with Crippen LogP contribution in [0.3, 0.4) is 0 Å². The first-order chi connectivity index (χ1) is 31.0. The Hall–Kier alpha value is -4.19. The average Bonchev–Trinajstić information content (AvgIpc) is 3.28. The van der Waals surface area contributed by atoms with Crippen LogP contribution in [0.25, 0.3) is 0 Å². The zero-order valence-corrected chi connectivity index (χ0v) is 40.3. The molecular formula is C57H90O6. The van der Waals surface area contributed by atoms with Gasteiger partial charge in [0.15, 0.2) is 6.10 Å². The van der Waals surface area contributed by atoms with Crippen LogP contribution in [-0.2, 0) is 28.6 Å². The van der Waals surface area contributed by atoms with E-state index in [1.807, 2.05) is 0 Å². The molecule has 6 heteroatoms. The van der Waals surface area contributed by atoms with Gasteiger partial charge in [0, 0.05) is 19.3 Å². The summed E-state index contributed by atoms with van der Waals surface area (Å²) >= 11 is 0. The molecule has 0 saturated carbocycles. The van der Waals surface area contributed by atoms with Crippen molar-refractivity contribution in [3.05, 3.63) is 122 Å². The highest BCUT2D eigenvalue weighted by atomic mass is 16.6. The Morgan fingerprint density at radius 1 is 0.333 bits per heavy atom. The topological polar surface area (TPSA) is 78.9 Å². The third-order valence-electron chi connectivity index (χ3n) is 9.91. The van der Waals surface area contributed by atoms with Crippen molar-refractivity contribution in [2.24, 2.45) is 0 Å². The van der Waals surface area contributed by atoms with E-state index in [9.17, 15) is 14.4 Å². The molecule has 0 amide bonds. The predicted molar refractivity (Wildman–Crippen MR) is 269 cm³/mol. The minimum Gasteiger partial charge on any atom is -0.462 e. The van der Waals surface area contributed by atoms with E-state index >= 15 is 0 Å². The van der Waals surface area contributed by atoms with Gasteiger partial charge in [0.25, 0.3) is 0 Å². The van der Waals surface area contributed by atoms with Gasteiger partial charge >= 0.3 is 17.9 Å². The summed E-state index contributed by atoms with van der Waals surface area (Å²) < 4.78 is 16.7. The molecule has 0 fully saturated rings. The van der Waals surface area contributed by atoms with Crippen LogP contribution in [0.1, 0.15) is 201 Å². The summed E-state index contributed by atoms with van der Waals surface area (Å²) in [6, 6.07) is 0. The Morgan fingerprint density at radius 3 is 0.984 bits per heavy atom. The molecule has 0 N–H and O–H groups in total. The van der Waals surface area contributed by atoms with Crippen LogP contribution in [-0.4, -0.2) is 37.2 Å². The highest BCUT2D eigenvalue weighted by molar-refractivity contribution is 5.71. The Balaban J connectivity index is 4.51. The average molecular weight is 871 g/mol. The molecule has 0 rings (SSSR count). The summed E-state index contributed by atoms with van der Waals surface area (Å²) in [5, 5.41) is 0. The third kappa shape index (κ3) is 48.7. The maximum atomic E-state index is 12.8. The molecule has 0 aliphatic heterocycles. The molecular weight excluding hydrogens is 781 g/mol. The molecule has 0 radical (unpaired) electrons. The highest BCUT2D eigenvalue weighted by Crippen LogP contribution is 2.12. The monoisotopic (exact) mass is 871 g/mol. The molecule has 1 unspecified atom stereocenters. The second-order valence-electron chi connectivity index (χ2n) is 16.0.